The summed E-state index contributed by atoms with van der Waals surface area (Å²) < 4.78 is 0. The standard InChI is InChI=1S/C22H18S/c1-3-12-19(13-4-1)23(20-14-5-2-6-15-20)22-17-9-11-18-10-7-8-16-21(18)22/h1-17,23H. The lowest BCUT2D eigenvalue weighted by Gasteiger charge is -2.24. The van der Waals surface area contributed by atoms with Crippen LogP contribution >= 0.6 is 10.9 Å². The van der Waals surface area contributed by atoms with Gasteiger partial charge in [-0.05, 0) is 50.9 Å². The predicted octanol–water partition coefficient (Wildman–Crippen LogP) is 6.32. The molecule has 4 aromatic carbocycles. The Morgan fingerprint density at radius 1 is 0.435 bits per heavy atom. The summed E-state index contributed by atoms with van der Waals surface area (Å²) in [5.41, 5.74) is 0. The zero-order valence-corrected chi connectivity index (χ0v) is 13.7. The van der Waals surface area contributed by atoms with E-state index in [0.29, 0.717) is 0 Å². The van der Waals surface area contributed by atoms with Gasteiger partial charge in [-0.15, -0.1) is 0 Å². The fourth-order valence-electron chi connectivity index (χ4n) is 2.98. The van der Waals surface area contributed by atoms with Gasteiger partial charge in [-0.2, -0.15) is 10.9 Å². The fraction of sp³-hybridized carbons (Fsp3) is 0. The molecule has 0 spiro atoms. The van der Waals surface area contributed by atoms with E-state index in [4.69, 9.17) is 0 Å². The van der Waals surface area contributed by atoms with Crippen LogP contribution in [-0.4, -0.2) is 0 Å². The molecule has 23 heavy (non-hydrogen) atoms. The summed E-state index contributed by atoms with van der Waals surface area (Å²) >= 11 is 0. The molecule has 0 amide bonds. The minimum absolute atomic E-state index is 0.546. The Balaban J connectivity index is 1.98. The monoisotopic (exact) mass is 314 g/mol. The van der Waals surface area contributed by atoms with Gasteiger partial charge >= 0.3 is 0 Å². The maximum atomic E-state index is 2.29. The summed E-state index contributed by atoms with van der Waals surface area (Å²) in [7, 11) is -0.546. The molecule has 0 fully saturated rings. The topological polar surface area (TPSA) is 0 Å². The van der Waals surface area contributed by atoms with Crippen molar-refractivity contribution in [2.45, 2.75) is 14.7 Å². The molecule has 1 heteroatoms. The summed E-state index contributed by atoms with van der Waals surface area (Å²) in [6.45, 7) is 0. The average molecular weight is 314 g/mol. The number of benzene rings is 4. The van der Waals surface area contributed by atoms with Crippen molar-refractivity contribution in [3.8, 4) is 0 Å². The lowest BCUT2D eigenvalue weighted by atomic mass is 10.1. The van der Waals surface area contributed by atoms with Crippen molar-refractivity contribution >= 4 is 21.7 Å². The normalized spacial score (nSPS) is 11.4. The number of hydrogen-bond donors (Lipinski definition) is 1. The second kappa shape index (κ2) is 6.31. The van der Waals surface area contributed by atoms with Gasteiger partial charge in [0.2, 0.25) is 0 Å². The van der Waals surface area contributed by atoms with Crippen LogP contribution in [0.2, 0.25) is 0 Å². The first-order valence-electron chi connectivity index (χ1n) is 7.81. The molecule has 112 valence electrons. The Morgan fingerprint density at radius 2 is 0.957 bits per heavy atom. The Labute approximate surface area is 139 Å². The van der Waals surface area contributed by atoms with Crippen molar-refractivity contribution in [2.24, 2.45) is 0 Å². The third kappa shape index (κ3) is 2.76. The molecule has 0 bridgehead atoms. The van der Waals surface area contributed by atoms with Crippen molar-refractivity contribution in [2.75, 3.05) is 0 Å². The summed E-state index contributed by atoms with van der Waals surface area (Å²) in [4.78, 5) is 4.21. The predicted molar refractivity (Wildman–Crippen MR) is 101 cm³/mol. The van der Waals surface area contributed by atoms with Gasteiger partial charge in [-0.25, -0.2) is 0 Å². The molecule has 0 saturated carbocycles. The highest BCUT2D eigenvalue weighted by molar-refractivity contribution is 8.17. The third-order valence-electron chi connectivity index (χ3n) is 4.04. The molecule has 0 atom stereocenters. The van der Waals surface area contributed by atoms with Crippen LogP contribution < -0.4 is 0 Å². The van der Waals surface area contributed by atoms with Crippen LogP contribution in [0.25, 0.3) is 10.8 Å². The molecule has 0 saturated heterocycles. The largest absolute Gasteiger partial charge is 0.172 e. The Hall–Kier alpha value is -2.51. The van der Waals surface area contributed by atoms with E-state index in [0.717, 1.165) is 0 Å². The minimum atomic E-state index is -0.546. The first-order valence-corrected chi connectivity index (χ1v) is 9.16. The van der Waals surface area contributed by atoms with Gasteiger partial charge in [0.25, 0.3) is 0 Å². The Bertz CT molecular complexity index is 869. The maximum Gasteiger partial charge on any atom is 0.00337 e. The molecule has 0 unspecified atom stereocenters. The van der Waals surface area contributed by atoms with E-state index in [1.54, 1.807) is 0 Å². The van der Waals surface area contributed by atoms with Crippen LogP contribution in [0.4, 0.5) is 0 Å². The maximum absolute atomic E-state index is 2.29. The third-order valence-corrected chi connectivity index (χ3v) is 6.54. The van der Waals surface area contributed by atoms with E-state index in [1.165, 1.54) is 25.5 Å². The number of hydrogen-bond acceptors (Lipinski definition) is 0. The molecule has 0 nitrogen and oxygen atoms in total. The number of rotatable bonds is 3. The Morgan fingerprint density at radius 3 is 1.61 bits per heavy atom. The second-order valence-electron chi connectivity index (χ2n) is 5.50. The van der Waals surface area contributed by atoms with Crippen LogP contribution in [0.15, 0.2) is 118 Å². The van der Waals surface area contributed by atoms with Crippen molar-refractivity contribution in [1.82, 2.24) is 0 Å². The smallest absolute Gasteiger partial charge is 0.00337 e. The molecule has 4 aromatic rings. The zero-order chi connectivity index (χ0) is 15.5. The van der Waals surface area contributed by atoms with E-state index >= 15 is 0 Å². The summed E-state index contributed by atoms with van der Waals surface area (Å²) in [5.74, 6) is 0. The highest BCUT2D eigenvalue weighted by atomic mass is 32.2. The van der Waals surface area contributed by atoms with Crippen LogP contribution in [0.5, 0.6) is 0 Å². The molecule has 0 aromatic heterocycles. The summed E-state index contributed by atoms with van der Waals surface area (Å²) in [5, 5.41) is 2.66. The highest BCUT2D eigenvalue weighted by Crippen LogP contribution is 2.53. The van der Waals surface area contributed by atoms with Crippen molar-refractivity contribution in [3.63, 3.8) is 0 Å². The Kier molecular flexibility index (Phi) is 3.87. The second-order valence-corrected chi connectivity index (χ2v) is 7.69. The van der Waals surface area contributed by atoms with E-state index in [-0.39, 0.29) is 0 Å². The van der Waals surface area contributed by atoms with Gasteiger partial charge in [-0.1, -0.05) is 72.8 Å². The van der Waals surface area contributed by atoms with Crippen molar-refractivity contribution < 1.29 is 0 Å². The van der Waals surface area contributed by atoms with Gasteiger partial charge in [0, 0.05) is 4.90 Å². The van der Waals surface area contributed by atoms with Gasteiger partial charge < -0.3 is 0 Å². The average Bonchev–Trinajstić information content (AvgIpc) is 2.64. The first-order chi connectivity index (χ1) is 11.4. The van der Waals surface area contributed by atoms with Crippen molar-refractivity contribution in [1.29, 1.82) is 0 Å². The van der Waals surface area contributed by atoms with Crippen LogP contribution in [0, 0.1) is 0 Å². The molecule has 0 N–H and O–H groups in total. The molecular formula is C22H18S. The molecule has 0 heterocycles. The lowest BCUT2D eigenvalue weighted by Crippen LogP contribution is -1.89. The number of fused-ring (bicyclic) bond motifs is 1. The quantitative estimate of drug-likeness (QED) is 0.420. The SMILES string of the molecule is c1ccc([SH](c2ccccc2)c2cccc3ccccc23)cc1. The molecule has 0 radical (unpaired) electrons. The van der Waals surface area contributed by atoms with Crippen LogP contribution in [-0.2, 0) is 0 Å². The van der Waals surface area contributed by atoms with Crippen molar-refractivity contribution in [3.05, 3.63) is 103 Å². The summed E-state index contributed by atoms with van der Waals surface area (Å²) in [6.07, 6.45) is 0. The van der Waals surface area contributed by atoms with Gasteiger partial charge in [-0.3, -0.25) is 0 Å². The van der Waals surface area contributed by atoms with Gasteiger partial charge in [0.05, 0.1) is 0 Å². The van der Waals surface area contributed by atoms with Gasteiger partial charge in [0.1, 0.15) is 0 Å². The van der Waals surface area contributed by atoms with E-state index in [9.17, 15) is 0 Å². The molecule has 0 aliphatic carbocycles. The molecular weight excluding hydrogens is 296 g/mol. The van der Waals surface area contributed by atoms with Crippen LogP contribution in [0.1, 0.15) is 0 Å². The first kappa shape index (κ1) is 14.1. The van der Waals surface area contributed by atoms with E-state index in [1.807, 2.05) is 0 Å². The summed E-state index contributed by atoms with van der Waals surface area (Å²) in [6, 6.07) is 37.1. The fourth-order valence-corrected chi connectivity index (χ4v) is 5.46. The molecule has 0 aliphatic rings. The van der Waals surface area contributed by atoms with Crippen LogP contribution in [0.3, 0.4) is 0 Å². The lowest BCUT2D eigenvalue weighted by molar-refractivity contribution is 1.35. The van der Waals surface area contributed by atoms with E-state index < -0.39 is 10.9 Å². The minimum Gasteiger partial charge on any atom is -0.172 e. The van der Waals surface area contributed by atoms with E-state index in [2.05, 4.69) is 103 Å². The zero-order valence-electron chi connectivity index (χ0n) is 12.8. The van der Waals surface area contributed by atoms with Gasteiger partial charge in [0.15, 0.2) is 0 Å². The molecule has 4 rings (SSSR count). The highest BCUT2D eigenvalue weighted by Gasteiger charge is 2.14. The molecule has 0 aliphatic heterocycles. The number of thiol groups is 1.